The van der Waals surface area contributed by atoms with Crippen molar-refractivity contribution in [3.8, 4) is 22.8 Å². The molecule has 0 bridgehead atoms. The molecule has 0 aliphatic carbocycles. The van der Waals surface area contributed by atoms with E-state index in [1.54, 1.807) is 7.05 Å². The zero-order valence-corrected chi connectivity index (χ0v) is 17.3. The number of hydrogen-bond donors (Lipinski definition) is 1. The number of carbonyl (C=O) groups excluding carboxylic acids is 1. The highest BCUT2D eigenvalue weighted by molar-refractivity contribution is 7.10. The number of hydrogen-bond acceptors (Lipinski definition) is 7. The molecule has 1 aromatic heterocycles. The third kappa shape index (κ3) is 2.83. The number of amides is 1. The van der Waals surface area contributed by atoms with Crippen LogP contribution in [0.25, 0.3) is 11.3 Å². The number of rotatable bonds is 3. The molecule has 2 atom stereocenters. The lowest BCUT2D eigenvalue weighted by atomic mass is 9.79. The van der Waals surface area contributed by atoms with Crippen molar-refractivity contribution in [1.29, 1.82) is 0 Å². The summed E-state index contributed by atoms with van der Waals surface area (Å²) in [5.41, 5.74) is 7.82. The van der Waals surface area contributed by atoms with Gasteiger partial charge in [-0.25, -0.2) is 9.98 Å². The van der Waals surface area contributed by atoms with Gasteiger partial charge in [0.1, 0.15) is 10.5 Å². The fraction of sp³-hybridized carbons (Fsp3) is 0.227. The average Bonchev–Trinajstić information content (AvgIpc) is 3.42. The minimum Gasteiger partial charge on any atom is -0.454 e. The molecule has 30 heavy (non-hydrogen) atoms. The van der Waals surface area contributed by atoms with E-state index in [1.807, 2.05) is 60.8 Å². The van der Waals surface area contributed by atoms with Gasteiger partial charge in [-0.15, -0.1) is 11.3 Å². The van der Waals surface area contributed by atoms with Crippen molar-refractivity contribution in [2.75, 3.05) is 13.8 Å². The molecule has 7 nitrogen and oxygen atoms in total. The third-order valence-corrected chi connectivity index (χ3v) is 6.64. The Labute approximate surface area is 177 Å². The lowest BCUT2D eigenvalue weighted by Crippen LogP contribution is -2.52. The molecule has 1 amide bonds. The molecule has 3 heterocycles. The molecule has 0 saturated carbocycles. The molecule has 2 aromatic carbocycles. The molecular weight excluding hydrogens is 400 g/mol. The first-order valence-electron chi connectivity index (χ1n) is 9.51. The molecule has 2 aliphatic heterocycles. The van der Waals surface area contributed by atoms with Gasteiger partial charge >= 0.3 is 0 Å². The zero-order valence-electron chi connectivity index (χ0n) is 16.5. The van der Waals surface area contributed by atoms with E-state index in [1.165, 1.54) is 16.2 Å². The highest BCUT2D eigenvalue weighted by Crippen LogP contribution is 2.47. The van der Waals surface area contributed by atoms with Gasteiger partial charge in [-0.05, 0) is 24.6 Å². The van der Waals surface area contributed by atoms with Crippen LogP contribution in [0.15, 0.2) is 58.9 Å². The first kappa shape index (κ1) is 18.6. The number of carbonyl (C=O) groups is 1. The number of likely N-dealkylation sites (N-methyl/N-ethyl adjacent to an activating group) is 1. The lowest BCUT2D eigenvalue weighted by molar-refractivity contribution is -0.130. The van der Waals surface area contributed by atoms with E-state index in [-0.39, 0.29) is 18.7 Å². The number of nitrogens with zero attached hydrogens (tertiary/aromatic N) is 3. The first-order chi connectivity index (χ1) is 14.5. The first-order valence-corrected chi connectivity index (χ1v) is 10.4. The number of aliphatic imine (C=N–C) groups is 1. The topological polar surface area (TPSA) is 90.0 Å². The standard InChI is InChI=1S/C22H20N4O3S/c1-22(20-24-15(11-30-20)13-6-4-3-5-7-13)18(19(27)26(2)21(23)25-22)14-8-9-16-17(10-14)29-12-28-16/h3-11,18H,12H2,1-2H3,(H2,23,25)/t18-,22+/m1/s1. The van der Waals surface area contributed by atoms with E-state index < -0.39 is 11.5 Å². The Morgan fingerprint density at radius 1 is 1.17 bits per heavy atom. The van der Waals surface area contributed by atoms with Crippen LogP contribution >= 0.6 is 11.3 Å². The summed E-state index contributed by atoms with van der Waals surface area (Å²) in [4.78, 5) is 24.4. The molecule has 8 heteroatoms. The van der Waals surface area contributed by atoms with Gasteiger partial charge in [0, 0.05) is 18.0 Å². The molecule has 3 aromatic rings. The van der Waals surface area contributed by atoms with E-state index in [2.05, 4.69) is 0 Å². The van der Waals surface area contributed by atoms with Gasteiger partial charge in [-0.3, -0.25) is 9.69 Å². The predicted octanol–water partition coefficient (Wildman–Crippen LogP) is 3.32. The van der Waals surface area contributed by atoms with E-state index in [0.29, 0.717) is 11.5 Å². The SMILES string of the molecule is CN1C(=O)[C@@H](c2ccc3c(c2)OCO3)[C@@](C)(c2nc(-c3ccccc3)cs2)N=C1N. The molecule has 152 valence electrons. The van der Waals surface area contributed by atoms with Crippen LogP contribution in [0.3, 0.4) is 0 Å². The molecule has 2 aliphatic rings. The molecule has 0 radical (unpaired) electrons. The van der Waals surface area contributed by atoms with Crippen molar-refractivity contribution in [2.45, 2.75) is 18.4 Å². The van der Waals surface area contributed by atoms with Gasteiger partial charge in [0.2, 0.25) is 12.7 Å². The average molecular weight is 420 g/mol. The Kier molecular flexibility index (Phi) is 4.25. The number of fused-ring (bicyclic) bond motifs is 1. The van der Waals surface area contributed by atoms with Crippen LogP contribution in [0.4, 0.5) is 0 Å². The van der Waals surface area contributed by atoms with Gasteiger partial charge in [0.15, 0.2) is 17.5 Å². The maximum Gasteiger partial charge on any atom is 0.239 e. The van der Waals surface area contributed by atoms with Crippen LogP contribution in [-0.2, 0) is 10.3 Å². The second kappa shape index (κ2) is 6.84. The van der Waals surface area contributed by atoms with E-state index in [0.717, 1.165) is 21.8 Å². The van der Waals surface area contributed by atoms with Gasteiger partial charge in [-0.2, -0.15) is 0 Å². The van der Waals surface area contributed by atoms with Crippen LogP contribution in [0, 0.1) is 0 Å². The summed E-state index contributed by atoms with van der Waals surface area (Å²) in [6.07, 6.45) is 0. The van der Waals surface area contributed by atoms with Gasteiger partial charge < -0.3 is 15.2 Å². The number of thiazole rings is 1. The molecule has 0 fully saturated rings. The maximum atomic E-state index is 13.4. The van der Waals surface area contributed by atoms with E-state index >= 15 is 0 Å². The molecule has 0 spiro atoms. The maximum absolute atomic E-state index is 13.4. The highest BCUT2D eigenvalue weighted by Gasteiger charge is 2.49. The Morgan fingerprint density at radius 2 is 1.93 bits per heavy atom. The Bertz CT molecular complexity index is 1160. The smallest absolute Gasteiger partial charge is 0.239 e. The molecule has 0 unspecified atom stereocenters. The Balaban J connectivity index is 1.63. The quantitative estimate of drug-likeness (QED) is 0.702. The van der Waals surface area contributed by atoms with Crippen molar-refractivity contribution in [3.05, 3.63) is 64.5 Å². The lowest BCUT2D eigenvalue weighted by Gasteiger charge is -2.39. The van der Waals surface area contributed by atoms with Crippen LogP contribution in [0.1, 0.15) is 23.4 Å². The monoisotopic (exact) mass is 420 g/mol. The number of aromatic nitrogens is 1. The number of nitrogens with two attached hydrogens (primary N) is 1. The number of benzene rings is 2. The second-order valence-corrected chi connectivity index (χ2v) is 8.32. The zero-order chi connectivity index (χ0) is 20.9. The predicted molar refractivity (Wildman–Crippen MR) is 115 cm³/mol. The van der Waals surface area contributed by atoms with Gasteiger partial charge in [0.05, 0.1) is 11.6 Å². The van der Waals surface area contributed by atoms with Gasteiger partial charge in [-0.1, -0.05) is 36.4 Å². The van der Waals surface area contributed by atoms with Crippen LogP contribution in [0.2, 0.25) is 0 Å². The number of guanidine groups is 1. The minimum absolute atomic E-state index is 0.139. The van der Waals surface area contributed by atoms with Crippen LogP contribution in [0.5, 0.6) is 11.5 Å². The third-order valence-electron chi connectivity index (χ3n) is 5.57. The van der Waals surface area contributed by atoms with E-state index in [9.17, 15) is 4.79 Å². The number of ether oxygens (including phenoxy) is 2. The highest BCUT2D eigenvalue weighted by atomic mass is 32.1. The summed E-state index contributed by atoms with van der Waals surface area (Å²) in [6.45, 7) is 2.08. The van der Waals surface area contributed by atoms with Crippen molar-refractivity contribution in [3.63, 3.8) is 0 Å². The molecule has 5 rings (SSSR count). The second-order valence-electron chi connectivity index (χ2n) is 7.46. The summed E-state index contributed by atoms with van der Waals surface area (Å²) in [5.74, 6) is 0.730. The normalized spacial score (nSPS) is 22.9. The van der Waals surface area contributed by atoms with Gasteiger partial charge in [0.25, 0.3) is 0 Å². The van der Waals surface area contributed by atoms with Crippen molar-refractivity contribution >= 4 is 23.2 Å². The Morgan fingerprint density at radius 3 is 2.73 bits per heavy atom. The van der Waals surface area contributed by atoms with Crippen molar-refractivity contribution < 1.29 is 14.3 Å². The Hall–Kier alpha value is -3.39. The summed E-state index contributed by atoms with van der Waals surface area (Å²) >= 11 is 1.48. The fourth-order valence-electron chi connectivity index (χ4n) is 3.90. The van der Waals surface area contributed by atoms with Crippen LogP contribution in [-0.4, -0.2) is 35.6 Å². The largest absolute Gasteiger partial charge is 0.454 e. The van der Waals surface area contributed by atoms with Crippen LogP contribution < -0.4 is 15.2 Å². The fourth-order valence-corrected chi connectivity index (χ4v) is 4.87. The molecule has 0 saturated heterocycles. The molecular formula is C22H20N4O3S. The summed E-state index contributed by atoms with van der Waals surface area (Å²) in [5, 5.41) is 2.72. The summed E-state index contributed by atoms with van der Waals surface area (Å²) in [7, 11) is 1.64. The van der Waals surface area contributed by atoms with E-state index in [4.69, 9.17) is 25.2 Å². The molecule has 2 N–H and O–H groups in total. The summed E-state index contributed by atoms with van der Waals surface area (Å²) < 4.78 is 10.9. The summed E-state index contributed by atoms with van der Waals surface area (Å²) in [6, 6.07) is 15.5. The van der Waals surface area contributed by atoms with Crippen molar-refractivity contribution in [2.24, 2.45) is 10.7 Å². The minimum atomic E-state index is -0.945. The van der Waals surface area contributed by atoms with Crippen molar-refractivity contribution in [1.82, 2.24) is 9.88 Å².